The highest BCUT2D eigenvalue weighted by Gasteiger charge is 2.28. The third kappa shape index (κ3) is 5.28. The molecule has 0 amide bonds. The van der Waals surface area contributed by atoms with E-state index in [2.05, 4.69) is 10.2 Å². The quantitative estimate of drug-likeness (QED) is 0.490. The molecule has 0 atom stereocenters. The van der Waals surface area contributed by atoms with Gasteiger partial charge in [-0.1, -0.05) is 41.5 Å². The second-order valence-electron chi connectivity index (χ2n) is 8.85. The van der Waals surface area contributed by atoms with Crippen molar-refractivity contribution in [3.63, 3.8) is 0 Å². The fourth-order valence-corrected chi connectivity index (χ4v) is 5.16. The molecule has 0 radical (unpaired) electrons. The number of benzene rings is 2. The molecule has 1 aliphatic heterocycles. The van der Waals surface area contributed by atoms with E-state index in [1.165, 1.54) is 6.07 Å². The standard InChI is InChI=1S/C26H29N3O4S/c1-18-5-8-23(9-6-18)34(31,32)25-11-10-24(27-28-25)29-14-12-21(13-15-29)26(30)33-17-22-16-19(2)4-7-20(22)3/h4-11,16,21H,12-15,17H2,1-3H3. The predicted octanol–water partition coefficient (Wildman–Crippen LogP) is 4.19. The molecule has 0 bridgehead atoms. The molecule has 0 spiro atoms. The average Bonchev–Trinajstić information content (AvgIpc) is 2.85. The Balaban J connectivity index is 1.33. The molecule has 2 aromatic carbocycles. The van der Waals surface area contributed by atoms with Crippen molar-refractivity contribution in [2.24, 2.45) is 5.92 Å². The SMILES string of the molecule is Cc1ccc(S(=O)(=O)c2ccc(N3CCC(C(=O)OCc4cc(C)ccc4C)CC3)nn2)cc1. The van der Waals surface area contributed by atoms with Gasteiger partial charge in [0.25, 0.3) is 0 Å². The first-order valence-corrected chi connectivity index (χ1v) is 12.9. The van der Waals surface area contributed by atoms with Gasteiger partial charge in [-0.2, -0.15) is 0 Å². The van der Waals surface area contributed by atoms with Gasteiger partial charge in [-0.15, -0.1) is 10.2 Å². The van der Waals surface area contributed by atoms with Gasteiger partial charge < -0.3 is 9.64 Å². The number of nitrogens with zero attached hydrogens (tertiary/aromatic N) is 3. The van der Waals surface area contributed by atoms with E-state index in [0.29, 0.717) is 31.7 Å². The number of hydrogen-bond donors (Lipinski definition) is 0. The number of sulfone groups is 1. The minimum atomic E-state index is -3.71. The van der Waals surface area contributed by atoms with Crippen LogP contribution in [-0.2, 0) is 26.0 Å². The number of aryl methyl sites for hydroxylation is 3. The fourth-order valence-electron chi connectivity index (χ4n) is 4.03. The van der Waals surface area contributed by atoms with Gasteiger partial charge in [0.2, 0.25) is 9.84 Å². The van der Waals surface area contributed by atoms with Crippen LogP contribution in [0, 0.1) is 26.7 Å². The number of hydrogen-bond acceptors (Lipinski definition) is 7. The lowest BCUT2D eigenvalue weighted by atomic mass is 9.97. The zero-order chi connectivity index (χ0) is 24.3. The molecule has 178 valence electrons. The van der Waals surface area contributed by atoms with Crippen molar-refractivity contribution in [2.75, 3.05) is 18.0 Å². The largest absolute Gasteiger partial charge is 0.461 e. The summed E-state index contributed by atoms with van der Waals surface area (Å²) in [7, 11) is -3.71. The smallest absolute Gasteiger partial charge is 0.309 e. The van der Waals surface area contributed by atoms with Crippen LogP contribution in [0.3, 0.4) is 0 Å². The second-order valence-corrected chi connectivity index (χ2v) is 10.7. The van der Waals surface area contributed by atoms with Gasteiger partial charge in [-0.25, -0.2) is 8.42 Å². The number of carbonyl (C=O) groups excluding carboxylic acids is 1. The molecule has 34 heavy (non-hydrogen) atoms. The Labute approximate surface area is 200 Å². The number of ether oxygens (including phenoxy) is 1. The topological polar surface area (TPSA) is 89.5 Å². The highest BCUT2D eigenvalue weighted by Crippen LogP contribution is 2.25. The first-order valence-electron chi connectivity index (χ1n) is 11.4. The third-order valence-corrected chi connectivity index (χ3v) is 7.92. The Morgan fingerprint density at radius 2 is 1.62 bits per heavy atom. The maximum atomic E-state index is 12.8. The van der Waals surface area contributed by atoms with Crippen LogP contribution >= 0.6 is 0 Å². The van der Waals surface area contributed by atoms with Crippen molar-refractivity contribution in [1.82, 2.24) is 10.2 Å². The van der Waals surface area contributed by atoms with Crippen LogP contribution in [0.4, 0.5) is 5.82 Å². The van der Waals surface area contributed by atoms with E-state index in [1.807, 2.05) is 43.9 Å². The van der Waals surface area contributed by atoms with Crippen molar-refractivity contribution < 1.29 is 17.9 Å². The zero-order valence-corrected chi connectivity index (χ0v) is 20.5. The van der Waals surface area contributed by atoms with Crippen LogP contribution in [0.5, 0.6) is 0 Å². The number of anilines is 1. The molecule has 2 heterocycles. The summed E-state index contributed by atoms with van der Waals surface area (Å²) in [4.78, 5) is 14.8. The van der Waals surface area contributed by atoms with Gasteiger partial charge in [0.05, 0.1) is 10.8 Å². The Bertz CT molecular complexity index is 1260. The molecule has 1 aliphatic rings. The first kappa shape index (κ1) is 23.9. The summed E-state index contributed by atoms with van der Waals surface area (Å²) in [5.41, 5.74) is 4.27. The van der Waals surface area contributed by atoms with Gasteiger partial charge in [-0.05, 0) is 69.0 Å². The van der Waals surface area contributed by atoms with Crippen LogP contribution in [-0.4, -0.2) is 37.7 Å². The second kappa shape index (κ2) is 9.93. The molecule has 0 aliphatic carbocycles. The maximum Gasteiger partial charge on any atom is 0.309 e. The summed E-state index contributed by atoms with van der Waals surface area (Å²) >= 11 is 0. The minimum absolute atomic E-state index is 0.0787. The molecular weight excluding hydrogens is 450 g/mol. The number of rotatable bonds is 6. The van der Waals surface area contributed by atoms with Crippen LogP contribution < -0.4 is 4.90 Å². The van der Waals surface area contributed by atoms with E-state index in [4.69, 9.17) is 4.74 Å². The first-order chi connectivity index (χ1) is 16.2. The summed E-state index contributed by atoms with van der Waals surface area (Å²) < 4.78 is 31.2. The number of esters is 1. The number of piperidine rings is 1. The summed E-state index contributed by atoms with van der Waals surface area (Å²) in [5.74, 6) is 0.270. The van der Waals surface area contributed by atoms with E-state index in [-0.39, 0.29) is 28.4 Å². The van der Waals surface area contributed by atoms with Gasteiger partial charge in [0, 0.05) is 13.1 Å². The Hall–Kier alpha value is -3.26. The van der Waals surface area contributed by atoms with E-state index in [9.17, 15) is 13.2 Å². The molecule has 1 aromatic heterocycles. The van der Waals surface area contributed by atoms with Crippen LogP contribution in [0.25, 0.3) is 0 Å². The average molecular weight is 480 g/mol. The van der Waals surface area contributed by atoms with Gasteiger partial charge in [0.15, 0.2) is 10.8 Å². The molecule has 0 unspecified atom stereocenters. The van der Waals surface area contributed by atoms with Gasteiger partial charge in [0.1, 0.15) is 6.61 Å². The van der Waals surface area contributed by atoms with Crippen molar-refractivity contribution in [3.05, 3.63) is 76.9 Å². The van der Waals surface area contributed by atoms with Crippen molar-refractivity contribution in [2.45, 2.75) is 50.1 Å². The van der Waals surface area contributed by atoms with Gasteiger partial charge >= 0.3 is 5.97 Å². The van der Waals surface area contributed by atoms with E-state index in [0.717, 1.165) is 22.3 Å². The zero-order valence-electron chi connectivity index (χ0n) is 19.7. The molecule has 8 heteroatoms. The highest BCUT2D eigenvalue weighted by molar-refractivity contribution is 7.91. The highest BCUT2D eigenvalue weighted by atomic mass is 32.2. The molecule has 0 saturated carbocycles. The molecule has 3 aromatic rings. The summed E-state index contributed by atoms with van der Waals surface area (Å²) in [6, 6.07) is 16.0. The number of aromatic nitrogens is 2. The lowest BCUT2D eigenvalue weighted by molar-refractivity contribution is -0.150. The van der Waals surface area contributed by atoms with Crippen molar-refractivity contribution in [3.8, 4) is 0 Å². The molecule has 7 nitrogen and oxygen atoms in total. The van der Waals surface area contributed by atoms with E-state index >= 15 is 0 Å². The van der Waals surface area contributed by atoms with E-state index < -0.39 is 9.84 Å². The Kier molecular flexibility index (Phi) is 6.97. The predicted molar refractivity (Wildman–Crippen MR) is 129 cm³/mol. The minimum Gasteiger partial charge on any atom is -0.461 e. The molecule has 0 N–H and O–H groups in total. The summed E-state index contributed by atoms with van der Waals surface area (Å²) in [6.07, 6.45) is 1.30. The lowest BCUT2D eigenvalue weighted by Gasteiger charge is -2.31. The third-order valence-electron chi connectivity index (χ3n) is 6.26. The van der Waals surface area contributed by atoms with E-state index in [1.54, 1.807) is 30.3 Å². The molecule has 4 rings (SSSR count). The normalized spacial score (nSPS) is 14.7. The lowest BCUT2D eigenvalue weighted by Crippen LogP contribution is -2.37. The van der Waals surface area contributed by atoms with Gasteiger partial charge in [-0.3, -0.25) is 4.79 Å². The van der Waals surface area contributed by atoms with Crippen molar-refractivity contribution in [1.29, 1.82) is 0 Å². The molecule has 1 saturated heterocycles. The monoisotopic (exact) mass is 479 g/mol. The van der Waals surface area contributed by atoms with Crippen molar-refractivity contribution >= 4 is 21.6 Å². The Morgan fingerprint density at radius 3 is 2.26 bits per heavy atom. The molecule has 1 fully saturated rings. The summed E-state index contributed by atoms with van der Waals surface area (Å²) in [6.45, 7) is 7.48. The maximum absolute atomic E-state index is 12.8. The fraction of sp³-hybridized carbons (Fsp3) is 0.346. The van der Waals surface area contributed by atoms with Crippen LogP contribution in [0.1, 0.15) is 35.1 Å². The number of carbonyl (C=O) groups is 1. The molecular formula is C26H29N3O4S. The summed E-state index contributed by atoms with van der Waals surface area (Å²) in [5, 5.41) is 8.06. The van der Waals surface area contributed by atoms with Crippen LogP contribution in [0.2, 0.25) is 0 Å². The Morgan fingerprint density at radius 1 is 0.941 bits per heavy atom. The van der Waals surface area contributed by atoms with Crippen LogP contribution in [0.15, 0.2) is 64.5 Å².